The van der Waals surface area contributed by atoms with Crippen LogP contribution in [0.3, 0.4) is 0 Å². The van der Waals surface area contributed by atoms with E-state index in [0.717, 1.165) is 16.4 Å². The van der Waals surface area contributed by atoms with Crippen LogP contribution >= 0.6 is 0 Å². The maximum atomic E-state index is 13.9. The molecule has 1 saturated heterocycles. The van der Waals surface area contributed by atoms with Gasteiger partial charge in [-0.2, -0.15) is 4.31 Å². The number of hydrogen-bond acceptors (Lipinski definition) is 5. The van der Waals surface area contributed by atoms with E-state index in [0.29, 0.717) is 11.8 Å². The van der Waals surface area contributed by atoms with Crippen LogP contribution < -0.4 is 4.74 Å². The summed E-state index contributed by atoms with van der Waals surface area (Å²) in [7, 11) is -6.33. The Morgan fingerprint density at radius 1 is 0.964 bits per heavy atom. The highest BCUT2D eigenvalue weighted by Gasteiger charge is 2.36. The number of benzene rings is 2. The van der Waals surface area contributed by atoms with Crippen molar-refractivity contribution in [1.82, 2.24) is 4.31 Å². The standard InChI is InChI=1S/C18H19F2NO5S2/c1-26-14-3-5-15(6-4-14)27(22,23)16-8-10-21(11-9-16)28(24,25)18-7-2-13(19)12-17(18)20/h2-7,12,16H,8-11H2,1H3. The van der Waals surface area contributed by atoms with E-state index in [9.17, 15) is 25.6 Å². The number of hydrogen-bond donors (Lipinski definition) is 0. The topological polar surface area (TPSA) is 80.8 Å². The van der Waals surface area contributed by atoms with Crippen LogP contribution in [0.5, 0.6) is 5.75 Å². The molecule has 0 atom stereocenters. The van der Waals surface area contributed by atoms with Crippen molar-refractivity contribution in [3.05, 3.63) is 54.1 Å². The molecular weight excluding hydrogens is 412 g/mol. The van der Waals surface area contributed by atoms with Gasteiger partial charge >= 0.3 is 0 Å². The fraction of sp³-hybridized carbons (Fsp3) is 0.333. The summed E-state index contributed by atoms with van der Waals surface area (Å²) in [6, 6.07) is 8.24. The van der Waals surface area contributed by atoms with Gasteiger partial charge in [0.05, 0.1) is 17.3 Å². The molecule has 0 unspecified atom stereocenters. The first-order valence-electron chi connectivity index (χ1n) is 8.49. The Morgan fingerprint density at radius 2 is 1.57 bits per heavy atom. The summed E-state index contributed by atoms with van der Waals surface area (Å²) < 4.78 is 83.8. The molecule has 0 aliphatic carbocycles. The number of rotatable bonds is 5. The molecule has 0 bridgehead atoms. The van der Waals surface area contributed by atoms with E-state index < -0.39 is 41.6 Å². The van der Waals surface area contributed by atoms with Crippen LogP contribution in [0.1, 0.15) is 12.8 Å². The van der Waals surface area contributed by atoms with Gasteiger partial charge in [-0.1, -0.05) is 0 Å². The molecule has 0 radical (unpaired) electrons. The van der Waals surface area contributed by atoms with Crippen molar-refractivity contribution in [2.24, 2.45) is 0 Å². The molecule has 2 aromatic rings. The molecule has 0 aromatic heterocycles. The number of sulfone groups is 1. The number of nitrogens with zero attached hydrogens (tertiary/aromatic N) is 1. The maximum absolute atomic E-state index is 13.9. The van der Waals surface area contributed by atoms with Crippen molar-refractivity contribution >= 4 is 19.9 Å². The first-order chi connectivity index (χ1) is 13.2. The van der Waals surface area contributed by atoms with Crippen LogP contribution in [0, 0.1) is 11.6 Å². The van der Waals surface area contributed by atoms with Gasteiger partial charge in [0.25, 0.3) is 0 Å². The SMILES string of the molecule is COc1ccc(S(=O)(=O)C2CCN(S(=O)(=O)c3ccc(F)cc3F)CC2)cc1. The second-order valence-electron chi connectivity index (χ2n) is 6.40. The minimum atomic E-state index is -4.17. The highest BCUT2D eigenvalue weighted by molar-refractivity contribution is 7.92. The third-order valence-corrected chi connectivity index (χ3v) is 8.95. The fourth-order valence-electron chi connectivity index (χ4n) is 3.16. The van der Waals surface area contributed by atoms with Gasteiger partial charge in [-0.3, -0.25) is 0 Å². The van der Waals surface area contributed by atoms with E-state index in [4.69, 9.17) is 4.74 Å². The summed E-state index contributed by atoms with van der Waals surface area (Å²) in [6.07, 6.45) is 0.160. The van der Waals surface area contributed by atoms with E-state index in [1.165, 1.54) is 19.2 Å². The summed E-state index contributed by atoms with van der Waals surface area (Å²) >= 11 is 0. The molecule has 10 heteroatoms. The third-order valence-electron chi connectivity index (χ3n) is 4.74. The van der Waals surface area contributed by atoms with Crippen LogP contribution in [-0.2, 0) is 19.9 Å². The Kier molecular flexibility index (Phi) is 5.74. The molecule has 0 saturated carbocycles. The predicted molar refractivity (Wildman–Crippen MR) is 98.3 cm³/mol. The quantitative estimate of drug-likeness (QED) is 0.727. The van der Waals surface area contributed by atoms with Gasteiger partial charge in [-0.15, -0.1) is 0 Å². The summed E-state index contributed by atoms with van der Waals surface area (Å²) in [4.78, 5) is -0.482. The summed E-state index contributed by atoms with van der Waals surface area (Å²) in [5.41, 5.74) is 0. The summed E-state index contributed by atoms with van der Waals surface area (Å²) in [6.45, 7) is -0.140. The first-order valence-corrected chi connectivity index (χ1v) is 11.5. The van der Waals surface area contributed by atoms with Gasteiger partial charge < -0.3 is 4.74 Å². The first kappa shape index (κ1) is 20.7. The number of halogens is 2. The maximum Gasteiger partial charge on any atom is 0.245 e. The van der Waals surface area contributed by atoms with Crippen LogP contribution in [0.2, 0.25) is 0 Å². The zero-order chi connectivity index (χ0) is 20.5. The third kappa shape index (κ3) is 3.89. The molecule has 0 N–H and O–H groups in total. The van der Waals surface area contributed by atoms with Gasteiger partial charge in [0.15, 0.2) is 9.84 Å². The highest BCUT2D eigenvalue weighted by atomic mass is 32.2. The van der Waals surface area contributed by atoms with Crippen molar-refractivity contribution in [2.45, 2.75) is 27.9 Å². The Balaban J connectivity index is 1.76. The lowest BCUT2D eigenvalue weighted by atomic mass is 10.2. The molecule has 3 rings (SSSR count). The smallest absolute Gasteiger partial charge is 0.245 e. The van der Waals surface area contributed by atoms with Gasteiger partial charge in [-0.05, 0) is 49.2 Å². The lowest BCUT2D eigenvalue weighted by Crippen LogP contribution is -2.42. The minimum absolute atomic E-state index is 0.0702. The van der Waals surface area contributed by atoms with Gasteiger partial charge in [0.1, 0.15) is 22.3 Å². The average molecular weight is 431 g/mol. The molecular formula is C18H19F2NO5S2. The van der Waals surface area contributed by atoms with Gasteiger partial charge in [0.2, 0.25) is 10.0 Å². The lowest BCUT2D eigenvalue weighted by molar-refractivity contribution is 0.344. The van der Waals surface area contributed by atoms with Crippen molar-refractivity contribution in [2.75, 3.05) is 20.2 Å². The van der Waals surface area contributed by atoms with Crippen LogP contribution in [0.4, 0.5) is 8.78 Å². The lowest BCUT2D eigenvalue weighted by Gasteiger charge is -2.31. The molecule has 6 nitrogen and oxygen atoms in total. The molecule has 1 aliphatic heterocycles. The van der Waals surface area contributed by atoms with Crippen molar-refractivity contribution in [3.8, 4) is 5.75 Å². The Morgan fingerprint density at radius 3 is 2.11 bits per heavy atom. The van der Waals surface area contributed by atoms with Crippen LogP contribution in [-0.4, -0.2) is 46.6 Å². The van der Waals surface area contributed by atoms with Crippen LogP contribution in [0.25, 0.3) is 0 Å². The number of methoxy groups -OCH3 is 1. The molecule has 1 aliphatic rings. The number of sulfonamides is 1. The summed E-state index contributed by atoms with van der Waals surface area (Å²) in [5.74, 6) is -1.52. The van der Waals surface area contributed by atoms with Gasteiger partial charge in [0, 0.05) is 19.2 Å². The second-order valence-corrected chi connectivity index (χ2v) is 10.5. The summed E-state index contributed by atoms with van der Waals surface area (Å²) in [5, 5.41) is -0.745. The molecule has 0 spiro atoms. The monoisotopic (exact) mass is 431 g/mol. The van der Waals surface area contributed by atoms with E-state index >= 15 is 0 Å². The zero-order valence-corrected chi connectivity index (χ0v) is 16.6. The molecule has 1 fully saturated rings. The molecule has 152 valence electrons. The Bertz CT molecular complexity index is 1060. The van der Waals surface area contributed by atoms with Crippen molar-refractivity contribution in [1.29, 1.82) is 0 Å². The average Bonchev–Trinajstić information content (AvgIpc) is 2.68. The Hall–Kier alpha value is -2.04. The van der Waals surface area contributed by atoms with Crippen molar-refractivity contribution in [3.63, 3.8) is 0 Å². The molecule has 2 aromatic carbocycles. The van der Waals surface area contributed by atoms with E-state index in [1.54, 1.807) is 12.1 Å². The number of piperidine rings is 1. The molecule has 28 heavy (non-hydrogen) atoms. The number of ether oxygens (including phenoxy) is 1. The van der Waals surface area contributed by atoms with Gasteiger partial charge in [-0.25, -0.2) is 25.6 Å². The highest BCUT2D eigenvalue weighted by Crippen LogP contribution is 2.29. The van der Waals surface area contributed by atoms with Crippen LogP contribution in [0.15, 0.2) is 52.3 Å². The van der Waals surface area contributed by atoms with Crippen molar-refractivity contribution < 1.29 is 30.4 Å². The molecule has 0 amide bonds. The second kappa shape index (κ2) is 7.76. The van der Waals surface area contributed by atoms with E-state index in [1.807, 2.05) is 0 Å². The normalized spacial score (nSPS) is 16.8. The van der Waals surface area contributed by atoms with E-state index in [2.05, 4.69) is 0 Å². The largest absolute Gasteiger partial charge is 0.497 e. The fourth-order valence-corrected chi connectivity index (χ4v) is 6.41. The minimum Gasteiger partial charge on any atom is -0.497 e. The van der Waals surface area contributed by atoms with E-state index in [-0.39, 0.29) is 30.8 Å². The predicted octanol–water partition coefficient (Wildman–Crippen LogP) is 2.60. The Labute approximate surface area is 162 Å². The zero-order valence-electron chi connectivity index (χ0n) is 15.0. The molecule has 1 heterocycles.